The molecule has 0 N–H and O–H groups in total. The van der Waals surface area contributed by atoms with Crippen molar-refractivity contribution in [2.24, 2.45) is 7.05 Å². The molecule has 1 aromatic carbocycles. The number of hydrogen-bond acceptors (Lipinski definition) is 5. The van der Waals surface area contributed by atoms with E-state index >= 15 is 0 Å². The van der Waals surface area contributed by atoms with Gasteiger partial charge in [-0.1, -0.05) is 0 Å². The quantitative estimate of drug-likeness (QED) is 0.429. The molecule has 0 saturated heterocycles. The third kappa shape index (κ3) is 4.51. The Hall–Kier alpha value is -3.06. The van der Waals surface area contributed by atoms with Gasteiger partial charge in [0.1, 0.15) is 17.7 Å². The van der Waals surface area contributed by atoms with Gasteiger partial charge in [-0.3, -0.25) is 4.68 Å². The molecule has 2 heterocycles. The molecule has 29 heavy (non-hydrogen) atoms. The Balaban J connectivity index is 2.03. The number of methoxy groups -OCH3 is 1. The minimum absolute atomic E-state index is 0.0529. The lowest BCUT2D eigenvalue weighted by molar-refractivity contribution is -0.137. The van der Waals surface area contributed by atoms with Crippen LogP contribution < -0.4 is 4.74 Å². The molecular weight excluding hydrogens is 370 g/mol. The van der Waals surface area contributed by atoms with Crippen molar-refractivity contribution in [3.63, 3.8) is 0 Å². The molecule has 0 fully saturated rings. The molecular formula is C22H27N3O4. The Labute approximate surface area is 170 Å². The molecule has 0 radical (unpaired) electrons. The first-order chi connectivity index (χ1) is 13.9. The smallest absolute Gasteiger partial charge is 0.330 e. The first-order valence-electron chi connectivity index (χ1n) is 9.60. The van der Waals surface area contributed by atoms with Gasteiger partial charge in [-0.05, 0) is 45.0 Å². The molecule has 7 nitrogen and oxygen atoms in total. The summed E-state index contributed by atoms with van der Waals surface area (Å²) in [4.78, 5) is 11.8. The second-order valence-electron chi connectivity index (χ2n) is 6.82. The molecule has 3 aromatic rings. The molecule has 0 spiro atoms. The van der Waals surface area contributed by atoms with Gasteiger partial charge >= 0.3 is 5.97 Å². The van der Waals surface area contributed by atoms with Crippen LogP contribution in [0.25, 0.3) is 22.8 Å². The fraction of sp³-hybridized carbons (Fsp3) is 0.364. The Morgan fingerprint density at radius 1 is 1.31 bits per heavy atom. The standard InChI is InChI=1S/C22H27N3O4/c1-6-28-21(26)10-9-19-16(3)23-24(4)22(19)25-12-11-17-7-8-18(13-20(17)25)29-15(2)14-27-5/h7-13,15H,6,14H2,1-5H3. The number of benzene rings is 1. The maximum Gasteiger partial charge on any atom is 0.330 e. The average molecular weight is 397 g/mol. The molecule has 3 rings (SSSR count). The van der Waals surface area contributed by atoms with Gasteiger partial charge in [0.05, 0.1) is 24.4 Å². The molecule has 2 aromatic heterocycles. The van der Waals surface area contributed by atoms with Crippen LogP contribution in [0.15, 0.2) is 36.5 Å². The van der Waals surface area contributed by atoms with E-state index in [4.69, 9.17) is 14.2 Å². The molecule has 0 aliphatic rings. The molecule has 0 amide bonds. The van der Waals surface area contributed by atoms with Crippen LogP contribution in [0, 0.1) is 6.92 Å². The van der Waals surface area contributed by atoms with Crippen LogP contribution in [0.4, 0.5) is 0 Å². The normalized spacial score (nSPS) is 12.6. The van der Waals surface area contributed by atoms with E-state index in [1.165, 1.54) is 6.08 Å². The minimum atomic E-state index is -0.373. The number of nitrogens with zero attached hydrogens (tertiary/aromatic N) is 3. The zero-order chi connectivity index (χ0) is 21.0. The lowest BCUT2D eigenvalue weighted by Gasteiger charge is -2.14. The summed E-state index contributed by atoms with van der Waals surface area (Å²) in [5.74, 6) is 1.26. The number of rotatable bonds is 8. The molecule has 154 valence electrons. The van der Waals surface area contributed by atoms with E-state index in [-0.39, 0.29) is 12.1 Å². The number of carbonyl (C=O) groups excluding carboxylic acids is 1. The van der Waals surface area contributed by atoms with Crippen molar-refractivity contribution in [1.29, 1.82) is 0 Å². The monoisotopic (exact) mass is 397 g/mol. The van der Waals surface area contributed by atoms with Crippen molar-refractivity contribution in [1.82, 2.24) is 14.3 Å². The molecule has 0 bridgehead atoms. The fourth-order valence-electron chi connectivity index (χ4n) is 3.35. The number of esters is 1. The molecule has 0 aliphatic heterocycles. The van der Waals surface area contributed by atoms with Crippen LogP contribution in [-0.4, -0.2) is 46.7 Å². The summed E-state index contributed by atoms with van der Waals surface area (Å²) in [6.07, 6.45) is 5.13. The van der Waals surface area contributed by atoms with Crippen LogP contribution in [0.3, 0.4) is 0 Å². The van der Waals surface area contributed by atoms with Crippen molar-refractivity contribution in [2.45, 2.75) is 26.9 Å². The van der Waals surface area contributed by atoms with E-state index in [1.807, 2.05) is 55.9 Å². The summed E-state index contributed by atoms with van der Waals surface area (Å²) in [7, 11) is 3.54. The van der Waals surface area contributed by atoms with Crippen molar-refractivity contribution in [3.05, 3.63) is 47.8 Å². The van der Waals surface area contributed by atoms with Gasteiger partial charge in [-0.15, -0.1) is 0 Å². The first kappa shape index (κ1) is 20.7. The van der Waals surface area contributed by atoms with Gasteiger partial charge in [0.15, 0.2) is 0 Å². The number of carbonyl (C=O) groups is 1. The van der Waals surface area contributed by atoms with E-state index < -0.39 is 0 Å². The van der Waals surface area contributed by atoms with Crippen LogP contribution in [0.1, 0.15) is 25.1 Å². The van der Waals surface area contributed by atoms with Gasteiger partial charge in [-0.25, -0.2) is 4.79 Å². The Morgan fingerprint density at radius 2 is 2.10 bits per heavy atom. The Morgan fingerprint density at radius 3 is 2.83 bits per heavy atom. The average Bonchev–Trinajstić information content (AvgIpc) is 3.19. The van der Waals surface area contributed by atoms with E-state index in [1.54, 1.807) is 24.8 Å². The highest BCUT2D eigenvalue weighted by Gasteiger charge is 2.16. The number of hydrogen-bond donors (Lipinski definition) is 0. The van der Waals surface area contributed by atoms with Gasteiger partial charge in [0.25, 0.3) is 0 Å². The van der Waals surface area contributed by atoms with E-state index in [0.29, 0.717) is 13.2 Å². The second-order valence-corrected chi connectivity index (χ2v) is 6.82. The summed E-state index contributed by atoms with van der Waals surface area (Å²) in [5.41, 5.74) is 2.67. The van der Waals surface area contributed by atoms with Crippen molar-refractivity contribution >= 4 is 22.9 Å². The lowest BCUT2D eigenvalue weighted by atomic mass is 10.2. The molecule has 0 saturated carbocycles. The van der Waals surface area contributed by atoms with E-state index in [0.717, 1.165) is 33.7 Å². The zero-order valence-corrected chi connectivity index (χ0v) is 17.5. The number of fused-ring (bicyclic) bond motifs is 1. The zero-order valence-electron chi connectivity index (χ0n) is 17.5. The van der Waals surface area contributed by atoms with Crippen LogP contribution >= 0.6 is 0 Å². The van der Waals surface area contributed by atoms with Crippen LogP contribution in [-0.2, 0) is 21.3 Å². The summed E-state index contributed by atoms with van der Waals surface area (Å²) >= 11 is 0. The largest absolute Gasteiger partial charge is 0.488 e. The predicted molar refractivity (Wildman–Crippen MR) is 112 cm³/mol. The lowest BCUT2D eigenvalue weighted by Crippen LogP contribution is -2.17. The SMILES string of the molecule is CCOC(=O)C=Cc1c(C)nn(C)c1-n1ccc2ccc(OC(C)COC)cc21. The van der Waals surface area contributed by atoms with Gasteiger partial charge < -0.3 is 18.8 Å². The maximum atomic E-state index is 11.8. The van der Waals surface area contributed by atoms with Gasteiger partial charge in [-0.2, -0.15) is 5.10 Å². The van der Waals surface area contributed by atoms with E-state index in [9.17, 15) is 4.79 Å². The van der Waals surface area contributed by atoms with E-state index in [2.05, 4.69) is 5.10 Å². The summed E-state index contributed by atoms with van der Waals surface area (Å²) in [5, 5.41) is 5.62. The van der Waals surface area contributed by atoms with Gasteiger partial charge in [0.2, 0.25) is 0 Å². The number of ether oxygens (including phenoxy) is 3. The molecule has 0 aliphatic carbocycles. The summed E-state index contributed by atoms with van der Waals surface area (Å²) in [6, 6.07) is 8.02. The minimum Gasteiger partial charge on any atom is -0.488 e. The highest BCUT2D eigenvalue weighted by atomic mass is 16.5. The van der Waals surface area contributed by atoms with Crippen molar-refractivity contribution in [3.8, 4) is 11.6 Å². The predicted octanol–water partition coefficient (Wildman–Crippen LogP) is 3.66. The highest BCUT2D eigenvalue weighted by molar-refractivity contribution is 5.89. The maximum absolute atomic E-state index is 11.8. The van der Waals surface area contributed by atoms with Crippen LogP contribution in [0.5, 0.6) is 5.75 Å². The Bertz CT molecular complexity index is 1030. The third-order valence-electron chi connectivity index (χ3n) is 4.54. The van der Waals surface area contributed by atoms with Crippen molar-refractivity contribution < 1.29 is 19.0 Å². The fourth-order valence-corrected chi connectivity index (χ4v) is 3.35. The summed E-state index contributed by atoms with van der Waals surface area (Å²) in [6.45, 7) is 6.53. The number of aromatic nitrogens is 3. The molecule has 1 atom stereocenters. The first-order valence-corrected chi connectivity index (χ1v) is 9.60. The topological polar surface area (TPSA) is 67.5 Å². The summed E-state index contributed by atoms with van der Waals surface area (Å²) < 4.78 is 20.0. The molecule has 7 heteroatoms. The molecule has 1 unspecified atom stereocenters. The third-order valence-corrected chi connectivity index (χ3v) is 4.54. The Kier molecular flexibility index (Phi) is 6.39. The van der Waals surface area contributed by atoms with Crippen molar-refractivity contribution in [2.75, 3.05) is 20.3 Å². The highest BCUT2D eigenvalue weighted by Crippen LogP contribution is 2.28. The number of aryl methyl sites for hydroxylation is 2. The van der Waals surface area contributed by atoms with Crippen LogP contribution in [0.2, 0.25) is 0 Å². The van der Waals surface area contributed by atoms with Gasteiger partial charge in [0, 0.05) is 43.4 Å². The second kappa shape index (κ2) is 8.96.